The average Bonchev–Trinajstić information content (AvgIpc) is 2.15. The number of nitrogens with one attached hydrogen (secondary N) is 2. The van der Waals surface area contributed by atoms with Crippen molar-refractivity contribution < 1.29 is 21.6 Å². The minimum Gasteiger partial charge on any atom is -0.313 e. The van der Waals surface area contributed by atoms with E-state index in [9.17, 15) is 21.6 Å². The van der Waals surface area contributed by atoms with Crippen LogP contribution in [0.15, 0.2) is 0 Å². The van der Waals surface area contributed by atoms with Gasteiger partial charge in [0.25, 0.3) is 0 Å². The second kappa shape index (κ2) is 6.01. The largest absolute Gasteiger partial charge is 0.390 e. The van der Waals surface area contributed by atoms with Gasteiger partial charge in [-0.1, -0.05) is 6.42 Å². The standard InChI is InChI=1S/C9H17F3N2O2S/c10-9(11,12)4-6-14-17(15,16)7-8-3-1-2-5-13-8/h8,13-14H,1-7H2. The number of sulfonamides is 1. The number of alkyl halides is 3. The third-order valence-electron chi connectivity index (χ3n) is 2.56. The van der Waals surface area contributed by atoms with Crippen molar-refractivity contribution in [2.75, 3.05) is 18.8 Å². The Morgan fingerprint density at radius 1 is 1.29 bits per heavy atom. The fraction of sp³-hybridized carbons (Fsp3) is 1.00. The lowest BCUT2D eigenvalue weighted by Gasteiger charge is -2.23. The molecule has 1 heterocycles. The maximum atomic E-state index is 11.8. The van der Waals surface area contributed by atoms with E-state index in [0.717, 1.165) is 25.8 Å². The summed E-state index contributed by atoms with van der Waals surface area (Å²) in [6.07, 6.45) is -2.75. The van der Waals surface area contributed by atoms with E-state index >= 15 is 0 Å². The molecule has 4 nitrogen and oxygen atoms in total. The third-order valence-corrected chi connectivity index (χ3v) is 4.05. The maximum absolute atomic E-state index is 11.8. The van der Waals surface area contributed by atoms with Gasteiger partial charge in [-0.3, -0.25) is 0 Å². The summed E-state index contributed by atoms with van der Waals surface area (Å²) >= 11 is 0. The Hall–Kier alpha value is -0.340. The van der Waals surface area contributed by atoms with Gasteiger partial charge >= 0.3 is 6.18 Å². The Morgan fingerprint density at radius 2 is 2.00 bits per heavy atom. The van der Waals surface area contributed by atoms with Crippen molar-refractivity contribution in [3.8, 4) is 0 Å². The lowest BCUT2D eigenvalue weighted by molar-refractivity contribution is -0.132. The van der Waals surface area contributed by atoms with E-state index in [4.69, 9.17) is 0 Å². The molecule has 0 aromatic rings. The van der Waals surface area contributed by atoms with E-state index in [1.807, 2.05) is 4.72 Å². The fourth-order valence-electron chi connectivity index (χ4n) is 1.74. The highest BCUT2D eigenvalue weighted by molar-refractivity contribution is 7.89. The van der Waals surface area contributed by atoms with E-state index in [1.165, 1.54) is 0 Å². The van der Waals surface area contributed by atoms with Crippen molar-refractivity contribution in [2.45, 2.75) is 37.9 Å². The van der Waals surface area contributed by atoms with Crippen LogP contribution in [0.5, 0.6) is 0 Å². The van der Waals surface area contributed by atoms with Crippen molar-refractivity contribution in [3.05, 3.63) is 0 Å². The molecule has 8 heteroatoms. The van der Waals surface area contributed by atoms with Gasteiger partial charge in [0.2, 0.25) is 10.0 Å². The molecule has 0 bridgehead atoms. The maximum Gasteiger partial charge on any atom is 0.390 e. The molecule has 2 N–H and O–H groups in total. The van der Waals surface area contributed by atoms with Gasteiger partial charge in [0, 0.05) is 12.6 Å². The zero-order valence-electron chi connectivity index (χ0n) is 9.39. The van der Waals surface area contributed by atoms with Crippen molar-refractivity contribution in [3.63, 3.8) is 0 Å². The summed E-state index contributed by atoms with van der Waals surface area (Å²) < 4.78 is 60.4. The molecular formula is C9H17F3N2O2S. The minimum atomic E-state index is -4.33. The van der Waals surface area contributed by atoms with Crippen molar-refractivity contribution in [2.24, 2.45) is 0 Å². The predicted molar refractivity (Wildman–Crippen MR) is 58.1 cm³/mol. The Morgan fingerprint density at radius 3 is 2.53 bits per heavy atom. The monoisotopic (exact) mass is 274 g/mol. The minimum absolute atomic E-state index is 0.146. The van der Waals surface area contributed by atoms with Crippen LogP contribution in [-0.2, 0) is 10.0 Å². The second-order valence-corrected chi connectivity index (χ2v) is 6.04. The SMILES string of the molecule is O=S(=O)(CC1CCCCN1)NCCC(F)(F)F. The molecule has 1 aliphatic rings. The van der Waals surface area contributed by atoms with Gasteiger partial charge in [0.1, 0.15) is 0 Å². The third kappa shape index (κ3) is 6.85. The van der Waals surface area contributed by atoms with Gasteiger partial charge in [-0.2, -0.15) is 13.2 Å². The molecule has 102 valence electrons. The van der Waals surface area contributed by atoms with Crippen LogP contribution in [0, 0.1) is 0 Å². The van der Waals surface area contributed by atoms with Gasteiger partial charge in [-0.25, -0.2) is 13.1 Å². The normalized spacial score (nSPS) is 22.6. The van der Waals surface area contributed by atoms with Crippen LogP contribution in [0.2, 0.25) is 0 Å². The van der Waals surface area contributed by atoms with Crippen LogP contribution in [0.4, 0.5) is 13.2 Å². The van der Waals surface area contributed by atoms with Crippen LogP contribution in [-0.4, -0.2) is 39.5 Å². The van der Waals surface area contributed by atoms with Crippen molar-refractivity contribution >= 4 is 10.0 Å². The van der Waals surface area contributed by atoms with Gasteiger partial charge in [0.15, 0.2) is 0 Å². The molecule has 1 rings (SSSR count). The predicted octanol–water partition coefficient (Wildman–Crippen LogP) is 1.00. The summed E-state index contributed by atoms with van der Waals surface area (Å²) in [7, 11) is -3.62. The topological polar surface area (TPSA) is 58.2 Å². The zero-order valence-corrected chi connectivity index (χ0v) is 10.2. The van der Waals surface area contributed by atoms with E-state index in [1.54, 1.807) is 0 Å². The Balaban J connectivity index is 2.30. The number of rotatable bonds is 5. The first-order chi connectivity index (χ1) is 7.79. The molecule has 1 unspecified atom stereocenters. The summed E-state index contributed by atoms with van der Waals surface area (Å²) in [6, 6.07) is -0.146. The van der Waals surface area contributed by atoms with Crippen LogP contribution < -0.4 is 10.0 Å². The fourth-order valence-corrected chi connectivity index (χ4v) is 3.08. The van der Waals surface area contributed by atoms with Gasteiger partial charge in [-0.05, 0) is 19.4 Å². The molecule has 0 aromatic heterocycles. The molecular weight excluding hydrogens is 257 g/mol. The van der Waals surface area contributed by atoms with E-state index in [0.29, 0.717) is 0 Å². The summed E-state index contributed by atoms with van der Waals surface area (Å²) in [5, 5.41) is 3.04. The lowest BCUT2D eigenvalue weighted by Crippen LogP contribution is -2.43. The molecule has 1 atom stereocenters. The number of hydrogen-bond acceptors (Lipinski definition) is 3. The summed E-state index contributed by atoms with van der Waals surface area (Å²) in [5.41, 5.74) is 0. The quantitative estimate of drug-likeness (QED) is 0.786. The van der Waals surface area contributed by atoms with E-state index < -0.39 is 29.2 Å². The molecule has 0 spiro atoms. The van der Waals surface area contributed by atoms with Crippen LogP contribution in [0.3, 0.4) is 0 Å². The average molecular weight is 274 g/mol. The summed E-state index contributed by atoms with van der Waals surface area (Å²) in [4.78, 5) is 0. The Labute approximate surface area is 99.0 Å². The molecule has 0 aromatic carbocycles. The Kier molecular flexibility index (Phi) is 5.21. The smallest absolute Gasteiger partial charge is 0.313 e. The molecule has 0 saturated carbocycles. The van der Waals surface area contributed by atoms with Crippen LogP contribution in [0.25, 0.3) is 0 Å². The molecule has 17 heavy (non-hydrogen) atoms. The number of hydrogen-bond donors (Lipinski definition) is 2. The lowest BCUT2D eigenvalue weighted by atomic mass is 10.1. The molecule has 0 amide bonds. The molecule has 1 saturated heterocycles. The first-order valence-corrected chi connectivity index (χ1v) is 7.21. The first-order valence-electron chi connectivity index (χ1n) is 5.56. The van der Waals surface area contributed by atoms with Gasteiger partial charge in [-0.15, -0.1) is 0 Å². The first kappa shape index (κ1) is 14.7. The molecule has 0 radical (unpaired) electrons. The number of piperidine rings is 1. The summed E-state index contributed by atoms with van der Waals surface area (Å²) in [6.45, 7) is 0.182. The highest BCUT2D eigenvalue weighted by atomic mass is 32.2. The molecule has 1 fully saturated rings. The van der Waals surface area contributed by atoms with E-state index in [2.05, 4.69) is 5.32 Å². The molecule has 1 aliphatic heterocycles. The van der Waals surface area contributed by atoms with Crippen molar-refractivity contribution in [1.29, 1.82) is 0 Å². The van der Waals surface area contributed by atoms with Gasteiger partial charge < -0.3 is 5.32 Å². The van der Waals surface area contributed by atoms with Crippen LogP contribution >= 0.6 is 0 Å². The van der Waals surface area contributed by atoms with Crippen LogP contribution in [0.1, 0.15) is 25.7 Å². The highest BCUT2D eigenvalue weighted by Gasteiger charge is 2.28. The number of halogens is 3. The Bertz CT molecular complexity index is 324. The highest BCUT2D eigenvalue weighted by Crippen LogP contribution is 2.18. The van der Waals surface area contributed by atoms with E-state index in [-0.39, 0.29) is 11.8 Å². The van der Waals surface area contributed by atoms with Gasteiger partial charge in [0.05, 0.1) is 12.2 Å². The molecule has 0 aliphatic carbocycles. The zero-order chi connectivity index (χ0) is 12.9. The summed E-state index contributed by atoms with van der Waals surface area (Å²) in [5.74, 6) is -0.148. The second-order valence-electron chi connectivity index (χ2n) is 4.19. The van der Waals surface area contributed by atoms with Crippen molar-refractivity contribution in [1.82, 2.24) is 10.0 Å².